The lowest BCUT2D eigenvalue weighted by Crippen LogP contribution is -2.62. The van der Waals surface area contributed by atoms with Crippen LogP contribution in [0.25, 0.3) is 22.0 Å². The first-order valence-corrected chi connectivity index (χ1v) is 12.3. The van der Waals surface area contributed by atoms with Gasteiger partial charge in [0.15, 0.2) is 5.69 Å². The van der Waals surface area contributed by atoms with Crippen LogP contribution >= 0.6 is 0 Å². The van der Waals surface area contributed by atoms with Gasteiger partial charge in [-0.25, -0.2) is 0 Å². The van der Waals surface area contributed by atoms with Crippen LogP contribution in [-0.2, 0) is 4.79 Å². The van der Waals surface area contributed by atoms with Crippen LogP contribution in [0.1, 0.15) is 36.3 Å². The van der Waals surface area contributed by atoms with Crippen LogP contribution in [0.2, 0.25) is 0 Å². The summed E-state index contributed by atoms with van der Waals surface area (Å²) in [5.41, 5.74) is 3.71. The maximum Gasteiger partial charge on any atom is 0.275 e. The van der Waals surface area contributed by atoms with Gasteiger partial charge in [-0.15, -0.1) is 0 Å². The third kappa shape index (κ3) is 3.81. The van der Waals surface area contributed by atoms with E-state index >= 15 is 0 Å². The first-order valence-electron chi connectivity index (χ1n) is 12.3. The molecule has 178 valence electrons. The molecule has 0 bridgehead atoms. The van der Waals surface area contributed by atoms with Crippen molar-refractivity contribution in [3.63, 3.8) is 0 Å². The topological polar surface area (TPSA) is 74.2 Å². The normalized spacial score (nSPS) is 18.0. The average Bonchev–Trinajstić information content (AvgIpc) is 3.57. The molecule has 2 amide bonds. The quantitative estimate of drug-likeness (QED) is 0.485. The van der Waals surface area contributed by atoms with Crippen molar-refractivity contribution in [2.45, 2.75) is 25.8 Å². The van der Waals surface area contributed by atoms with Gasteiger partial charge in [0.05, 0.1) is 5.52 Å². The molecule has 2 aromatic heterocycles. The maximum absolute atomic E-state index is 13.3. The molecule has 0 saturated carbocycles. The summed E-state index contributed by atoms with van der Waals surface area (Å²) < 4.78 is 1.95. The van der Waals surface area contributed by atoms with Crippen molar-refractivity contribution in [3.8, 4) is 11.1 Å². The second kappa shape index (κ2) is 8.41. The standard InChI is InChI=1S/C28H29N5O2/c1-20(31-13-5-6-14-31)26(34)32-15-11-28(12-16-32)18-33(19-28)27(35)25-23-10-9-22(17-24(23)29-30-25)21-7-3-2-4-8-21/h2-10,13-14,17,20H,11-12,15-16,18-19H2,1H3,(H,29,30). The van der Waals surface area contributed by atoms with Gasteiger partial charge < -0.3 is 14.4 Å². The molecule has 1 N–H and O–H groups in total. The fourth-order valence-electron chi connectivity index (χ4n) is 5.57. The number of rotatable bonds is 4. The number of aromatic amines is 1. The Morgan fingerprint density at radius 3 is 2.34 bits per heavy atom. The van der Waals surface area contributed by atoms with Crippen molar-refractivity contribution < 1.29 is 9.59 Å². The Kier molecular flexibility index (Phi) is 5.20. The maximum atomic E-state index is 13.3. The number of aromatic nitrogens is 3. The van der Waals surface area contributed by atoms with E-state index in [4.69, 9.17) is 0 Å². The summed E-state index contributed by atoms with van der Waals surface area (Å²) in [6.07, 6.45) is 5.74. The molecule has 6 rings (SSSR count). The highest BCUT2D eigenvalue weighted by molar-refractivity contribution is 6.05. The minimum atomic E-state index is -0.186. The molecule has 35 heavy (non-hydrogen) atoms. The van der Waals surface area contributed by atoms with E-state index < -0.39 is 0 Å². The van der Waals surface area contributed by atoms with E-state index in [0.29, 0.717) is 5.69 Å². The van der Waals surface area contributed by atoms with Gasteiger partial charge in [0, 0.05) is 49.4 Å². The van der Waals surface area contributed by atoms with Crippen LogP contribution in [0.4, 0.5) is 0 Å². The van der Waals surface area contributed by atoms with E-state index in [9.17, 15) is 9.59 Å². The number of likely N-dealkylation sites (tertiary alicyclic amines) is 2. The molecule has 0 radical (unpaired) electrons. The van der Waals surface area contributed by atoms with Crippen molar-refractivity contribution in [2.75, 3.05) is 26.2 Å². The van der Waals surface area contributed by atoms with E-state index in [2.05, 4.69) is 22.3 Å². The predicted molar refractivity (Wildman–Crippen MR) is 135 cm³/mol. The lowest BCUT2D eigenvalue weighted by molar-refractivity contribution is -0.138. The van der Waals surface area contributed by atoms with Crippen molar-refractivity contribution in [3.05, 3.63) is 78.8 Å². The monoisotopic (exact) mass is 467 g/mol. The van der Waals surface area contributed by atoms with Crippen molar-refractivity contribution in [2.24, 2.45) is 5.41 Å². The Labute approximate surface area is 204 Å². The summed E-state index contributed by atoms with van der Waals surface area (Å²) in [5.74, 6) is 0.148. The molecule has 2 saturated heterocycles. The molecule has 0 aliphatic carbocycles. The van der Waals surface area contributed by atoms with Crippen LogP contribution in [0.3, 0.4) is 0 Å². The first-order chi connectivity index (χ1) is 17.0. The zero-order valence-electron chi connectivity index (χ0n) is 19.9. The number of H-pyrrole nitrogens is 1. The number of hydrogen-bond acceptors (Lipinski definition) is 3. The van der Waals surface area contributed by atoms with Gasteiger partial charge in [-0.3, -0.25) is 14.7 Å². The van der Waals surface area contributed by atoms with Crippen molar-refractivity contribution >= 4 is 22.7 Å². The first kappa shape index (κ1) is 21.6. The Bertz CT molecular complexity index is 1360. The number of fused-ring (bicyclic) bond motifs is 1. The minimum Gasteiger partial charge on any atom is -0.342 e. The van der Waals surface area contributed by atoms with Gasteiger partial charge in [-0.2, -0.15) is 5.10 Å². The van der Waals surface area contributed by atoms with Gasteiger partial charge in [0.1, 0.15) is 6.04 Å². The van der Waals surface area contributed by atoms with Crippen LogP contribution < -0.4 is 0 Å². The fraction of sp³-hybridized carbons (Fsp3) is 0.321. The van der Waals surface area contributed by atoms with Crippen LogP contribution in [0.5, 0.6) is 0 Å². The molecule has 2 aliphatic heterocycles. The molecule has 1 spiro atoms. The smallest absolute Gasteiger partial charge is 0.275 e. The number of nitrogens with zero attached hydrogens (tertiary/aromatic N) is 4. The Balaban J connectivity index is 1.09. The number of amides is 2. The number of carbonyl (C=O) groups is 2. The summed E-state index contributed by atoms with van der Waals surface area (Å²) in [5, 5.41) is 8.28. The molecular formula is C28H29N5O2. The number of hydrogen-bond donors (Lipinski definition) is 1. The zero-order valence-corrected chi connectivity index (χ0v) is 19.9. The molecule has 1 atom stereocenters. The highest BCUT2D eigenvalue weighted by Crippen LogP contribution is 2.41. The zero-order chi connectivity index (χ0) is 24.0. The Morgan fingerprint density at radius 2 is 1.63 bits per heavy atom. The second-order valence-corrected chi connectivity index (χ2v) is 9.99. The van der Waals surface area contributed by atoms with Gasteiger partial charge in [-0.1, -0.05) is 36.4 Å². The Hall–Kier alpha value is -3.87. The average molecular weight is 468 g/mol. The number of nitrogens with one attached hydrogen (secondary N) is 1. The van der Waals surface area contributed by atoms with E-state index in [1.807, 2.05) is 82.2 Å². The third-order valence-electron chi connectivity index (χ3n) is 7.78. The van der Waals surface area contributed by atoms with E-state index in [1.54, 1.807) is 0 Å². The molecule has 2 aliphatic rings. The van der Waals surface area contributed by atoms with Gasteiger partial charge in [-0.05, 0) is 55.2 Å². The summed E-state index contributed by atoms with van der Waals surface area (Å²) >= 11 is 0. The summed E-state index contributed by atoms with van der Waals surface area (Å²) in [6.45, 7) is 4.92. The fourth-order valence-corrected chi connectivity index (χ4v) is 5.57. The molecule has 2 fully saturated rings. The van der Waals surface area contributed by atoms with Crippen LogP contribution in [-0.4, -0.2) is 62.6 Å². The Morgan fingerprint density at radius 1 is 0.914 bits per heavy atom. The third-order valence-corrected chi connectivity index (χ3v) is 7.78. The van der Waals surface area contributed by atoms with Crippen LogP contribution in [0, 0.1) is 5.41 Å². The number of benzene rings is 2. The van der Waals surface area contributed by atoms with Crippen molar-refractivity contribution in [1.82, 2.24) is 24.6 Å². The summed E-state index contributed by atoms with van der Waals surface area (Å²) in [4.78, 5) is 30.0. The highest BCUT2D eigenvalue weighted by Gasteiger charge is 2.48. The molecule has 2 aromatic carbocycles. The predicted octanol–water partition coefficient (Wildman–Crippen LogP) is 4.36. The SMILES string of the molecule is CC(C(=O)N1CCC2(CC1)CN(C(=O)c1n[nH]c3cc(-c4ccccc4)ccc13)C2)n1cccc1. The molecule has 4 heterocycles. The lowest BCUT2D eigenvalue weighted by atomic mass is 9.71. The largest absolute Gasteiger partial charge is 0.342 e. The minimum absolute atomic E-state index is 0.0194. The molecular weight excluding hydrogens is 438 g/mol. The molecule has 1 unspecified atom stereocenters. The number of piperidine rings is 1. The van der Waals surface area contributed by atoms with Gasteiger partial charge in [0.25, 0.3) is 5.91 Å². The summed E-state index contributed by atoms with van der Waals surface area (Å²) in [6, 6.07) is 20.0. The number of carbonyl (C=O) groups excluding carboxylic acids is 2. The van der Waals surface area contributed by atoms with Gasteiger partial charge >= 0.3 is 0 Å². The van der Waals surface area contributed by atoms with E-state index in [-0.39, 0.29) is 23.3 Å². The van der Waals surface area contributed by atoms with Crippen LogP contribution in [0.15, 0.2) is 73.1 Å². The van der Waals surface area contributed by atoms with Crippen molar-refractivity contribution in [1.29, 1.82) is 0 Å². The molecule has 4 aromatic rings. The lowest BCUT2D eigenvalue weighted by Gasteiger charge is -2.54. The van der Waals surface area contributed by atoms with Gasteiger partial charge in [0.2, 0.25) is 5.91 Å². The summed E-state index contributed by atoms with van der Waals surface area (Å²) in [7, 11) is 0. The van der Waals surface area contributed by atoms with E-state index in [1.165, 1.54) is 0 Å². The van der Waals surface area contributed by atoms with E-state index in [0.717, 1.165) is 61.1 Å². The highest BCUT2D eigenvalue weighted by atomic mass is 16.2. The molecule has 7 heteroatoms. The second-order valence-electron chi connectivity index (χ2n) is 9.99. The molecule has 7 nitrogen and oxygen atoms in total.